The molecule has 0 spiro atoms. The molecule has 0 bridgehead atoms. The molecule has 102 valence electrons. The van der Waals surface area contributed by atoms with Crippen molar-refractivity contribution >= 4 is 17.3 Å². The van der Waals surface area contributed by atoms with Crippen LogP contribution < -0.4 is 10.2 Å². The molecule has 0 aliphatic carbocycles. The molecule has 1 N–H and O–H groups in total. The maximum absolute atomic E-state index is 6.31. The standard InChI is InChI=1S/C14H23ClN2O/c1-11(2)16-10-12-6-5-7-13(15)14(12)17(3)8-9-18-4/h5-7,11,16H,8-10H2,1-4H3. The quantitative estimate of drug-likeness (QED) is 0.825. The first-order valence-electron chi connectivity index (χ1n) is 6.27. The molecular weight excluding hydrogens is 248 g/mol. The van der Waals surface area contributed by atoms with Gasteiger partial charge in [0.2, 0.25) is 0 Å². The highest BCUT2D eigenvalue weighted by atomic mass is 35.5. The van der Waals surface area contributed by atoms with Gasteiger partial charge in [0, 0.05) is 33.3 Å². The van der Waals surface area contributed by atoms with E-state index < -0.39 is 0 Å². The Morgan fingerprint density at radius 3 is 2.72 bits per heavy atom. The third-order valence-corrected chi connectivity index (χ3v) is 3.09. The lowest BCUT2D eigenvalue weighted by molar-refractivity contribution is 0.206. The van der Waals surface area contributed by atoms with E-state index in [9.17, 15) is 0 Å². The number of halogens is 1. The average Bonchev–Trinajstić information content (AvgIpc) is 2.33. The zero-order chi connectivity index (χ0) is 13.5. The van der Waals surface area contributed by atoms with Crippen molar-refractivity contribution in [2.75, 3.05) is 32.2 Å². The molecule has 0 aliphatic heterocycles. The van der Waals surface area contributed by atoms with Crippen molar-refractivity contribution in [1.29, 1.82) is 0 Å². The highest BCUT2D eigenvalue weighted by molar-refractivity contribution is 6.33. The smallest absolute Gasteiger partial charge is 0.0642 e. The normalized spacial score (nSPS) is 11.0. The Bertz CT molecular complexity index is 369. The molecule has 0 saturated heterocycles. The monoisotopic (exact) mass is 270 g/mol. The number of nitrogens with one attached hydrogen (secondary N) is 1. The summed E-state index contributed by atoms with van der Waals surface area (Å²) in [6, 6.07) is 6.49. The Morgan fingerprint density at radius 2 is 2.11 bits per heavy atom. The number of anilines is 1. The number of rotatable bonds is 7. The second-order valence-electron chi connectivity index (χ2n) is 4.70. The number of hydrogen-bond donors (Lipinski definition) is 1. The molecule has 0 heterocycles. The van der Waals surface area contributed by atoms with Gasteiger partial charge >= 0.3 is 0 Å². The van der Waals surface area contributed by atoms with E-state index in [2.05, 4.69) is 30.1 Å². The SMILES string of the molecule is COCCN(C)c1c(Cl)cccc1CNC(C)C. The lowest BCUT2D eigenvalue weighted by atomic mass is 10.1. The lowest BCUT2D eigenvalue weighted by Crippen LogP contribution is -2.27. The summed E-state index contributed by atoms with van der Waals surface area (Å²) in [5.74, 6) is 0. The van der Waals surface area contributed by atoms with Crippen LogP contribution >= 0.6 is 11.6 Å². The molecule has 18 heavy (non-hydrogen) atoms. The van der Waals surface area contributed by atoms with Gasteiger partial charge in [0.1, 0.15) is 0 Å². The first kappa shape index (κ1) is 15.3. The van der Waals surface area contributed by atoms with Crippen molar-refractivity contribution in [3.63, 3.8) is 0 Å². The Labute approximate surface area is 115 Å². The van der Waals surface area contributed by atoms with E-state index >= 15 is 0 Å². The summed E-state index contributed by atoms with van der Waals surface area (Å²) in [5.41, 5.74) is 2.30. The molecule has 1 aromatic rings. The van der Waals surface area contributed by atoms with Crippen LogP contribution in [0.15, 0.2) is 18.2 Å². The Morgan fingerprint density at radius 1 is 1.39 bits per heavy atom. The summed E-state index contributed by atoms with van der Waals surface area (Å²) in [4.78, 5) is 2.14. The minimum absolute atomic E-state index is 0.459. The third-order valence-electron chi connectivity index (χ3n) is 2.78. The molecule has 0 radical (unpaired) electrons. The fourth-order valence-corrected chi connectivity index (χ4v) is 2.12. The van der Waals surface area contributed by atoms with Gasteiger partial charge in [0.15, 0.2) is 0 Å². The van der Waals surface area contributed by atoms with Gasteiger partial charge in [-0.05, 0) is 11.6 Å². The van der Waals surface area contributed by atoms with E-state index in [0.717, 1.165) is 23.8 Å². The summed E-state index contributed by atoms with van der Waals surface area (Å²) in [6.45, 7) is 6.62. The molecule has 0 aliphatic rings. The van der Waals surface area contributed by atoms with Crippen LogP contribution in [0.25, 0.3) is 0 Å². The maximum Gasteiger partial charge on any atom is 0.0642 e. The third kappa shape index (κ3) is 4.48. The van der Waals surface area contributed by atoms with Crippen molar-refractivity contribution in [3.05, 3.63) is 28.8 Å². The zero-order valence-electron chi connectivity index (χ0n) is 11.7. The number of hydrogen-bond acceptors (Lipinski definition) is 3. The van der Waals surface area contributed by atoms with Crippen LogP contribution in [0.3, 0.4) is 0 Å². The minimum atomic E-state index is 0.459. The van der Waals surface area contributed by atoms with Crippen molar-refractivity contribution in [3.8, 4) is 0 Å². The molecule has 1 rings (SSSR count). The zero-order valence-corrected chi connectivity index (χ0v) is 12.4. The Balaban J connectivity index is 2.85. The predicted molar refractivity (Wildman–Crippen MR) is 78.6 cm³/mol. The summed E-state index contributed by atoms with van der Waals surface area (Å²) in [7, 11) is 3.75. The van der Waals surface area contributed by atoms with Crippen LogP contribution in [0.1, 0.15) is 19.4 Å². The summed E-state index contributed by atoms with van der Waals surface area (Å²) < 4.78 is 5.11. The van der Waals surface area contributed by atoms with E-state index in [1.165, 1.54) is 5.56 Å². The van der Waals surface area contributed by atoms with Gasteiger partial charge < -0.3 is 15.0 Å². The highest BCUT2D eigenvalue weighted by Crippen LogP contribution is 2.29. The molecule has 0 aromatic heterocycles. The van der Waals surface area contributed by atoms with Gasteiger partial charge in [-0.25, -0.2) is 0 Å². The van der Waals surface area contributed by atoms with Gasteiger partial charge in [-0.3, -0.25) is 0 Å². The lowest BCUT2D eigenvalue weighted by Gasteiger charge is -2.24. The minimum Gasteiger partial charge on any atom is -0.383 e. The number of likely N-dealkylation sites (N-methyl/N-ethyl adjacent to an activating group) is 1. The number of ether oxygens (including phenoxy) is 1. The number of benzene rings is 1. The molecule has 3 nitrogen and oxygen atoms in total. The highest BCUT2D eigenvalue weighted by Gasteiger charge is 2.11. The van der Waals surface area contributed by atoms with Crippen LogP contribution in [0.4, 0.5) is 5.69 Å². The van der Waals surface area contributed by atoms with Crippen molar-refractivity contribution in [1.82, 2.24) is 5.32 Å². The van der Waals surface area contributed by atoms with Crippen LogP contribution in [0.5, 0.6) is 0 Å². The molecule has 0 unspecified atom stereocenters. The average molecular weight is 271 g/mol. The fraction of sp³-hybridized carbons (Fsp3) is 0.571. The van der Waals surface area contributed by atoms with Crippen LogP contribution in [0.2, 0.25) is 5.02 Å². The summed E-state index contributed by atoms with van der Waals surface area (Å²) in [6.07, 6.45) is 0. The number of nitrogens with zero attached hydrogens (tertiary/aromatic N) is 1. The molecule has 0 amide bonds. The second-order valence-corrected chi connectivity index (χ2v) is 5.10. The molecule has 4 heteroatoms. The summed E-state index contributed by atoms with van der Waals surface area (Å²) >= 11 is 6.31. The van der Waals surface area contributed by atoms with Gasteiger partial charge in [-0.15, -0.1) is 0 Å². The van der Waals surface area contributed by atoms with Crippen molar-refractivity contribution in [2.24, 2.45) is 0 Å². The number of para-hydroxylation sites is 1. The van der Waals surface area contributed by atoms with E-state index in [0.29, 0.717) is 12.6 Å². The van der Waals surface area contributed by atoms with Crippen LogP contribution in [-0.2, 0) is 11.3 Å². The first-order valence-corrected chi connectivity index (χ1v) is 6.65. The number of methoxy groups -OCH3 is 1. The Hall–Kier alpha value is -0.770. The molecular formula is C14H23ClN2O. The van der Waals surface area contributed by atoms with Gasteiger partial charge in [-0.1, -0.05) is 37.6 Å². The van der Waals surface area contributed by atoms with Crippen LogP contribution in [0, 0.1) is 0 Å². The van der Waals surface area contributed by atoms with Gasteiger partial charge in [0.25, 0.3) is 0 Å². The fourth-order valence-electron chi connectivity index (χ4n) is 1.78. The predicted octanol–water partition coefficient (Wildman–Crippen LogP) is 2.92. The van der Waals surface area contributed by atoms with Crippen molar-refractivity contribution < 1.29 is 4.74 Å². The van der Waals surface area contributed by atoms with E-state index in [1.54, 1.807) is 7.11 Å². The van der Waals surface area contributed by atoms with Gasteiger partial charge in [0.05, 0.1) is 17.3 Å². The molecule has 0 atom stereocenters. The van der Waals surface area contributed by atoms with Crippen molar-refractivity contribution in [2.45, 2.75) is 26.4 Å². The largest absolute Gasteiger partial charge is 0.383 e. The molecule has 1 aromatic carbocycles. The Kier molecular flexibility index (Phi) is 6.47. The van der Waals surface area contributed by atoms with E-state index in [4.69, 9.17) is 16.3 Å². The molecule has 0 saturated carbocycles. The van der Waals surface area contributed by atoms with E-state index in [1.807, 2.05) is 19.2 Å². The first-order chi connectivity index (χ1) is 8.56. The summed E-state index contributed by atoms with van der Waals surface area (Å²) in [5, 5.41) is 4.21. The molecule has 0 fully saturated rings. The van der Waals surface area contributed by atoms with Crippen LogP contribution in [-0.4, -0.2) is 33.4 Å². The maximum atomic E-state index is 6.31. The topological polar surface area (TPSA) is 24.5 Å². The van der Waals surface area contributed by atoms with Gasteiger partial charge in [-0.2, -0.15) is 0 Å². The van der Waals surface area contributed by atoms with E-state index in [-0.39, 0.29) is 0 Å². The second kappa shape index (κ2) is 7.62.